The van der Waals surface area contributed by atoms with Gasteiger partial charge in [-0.25, -0.2) is 9.59 Å². The Bertz CT molecular complexity index is 789. The first-order valence-electron chi connectivity index (χ1n) is 6.96. The molecule has 0 aliphatic rings. The van der Waals surface area contributed by atoms with Crippen LogP contribution in [0.3, 0.4) is 0 Å². The summed E-state index contributed by atoms with van der Waals surface area (Å²) in [6.45, 7) is -0.483. The van der Waals surface area contributed by atoms with Gasteiger partial charge in [-0.1, -0.05) is 30.3 Å². The maximum absolute atomic E-state index is 12.1. The summed E-state index contributed by atoms with van der Waals surface area (Å²) in [7, 11) is 0. The lowest BCUT2D eigenvalue weighted by atomic mass is 10.1. The van der Waals surface area contributed by atoms with Crippen molar-refractivity contribution >= 4 is 23.8 Å². The normalized spacial score (nSPS) is 10.5. The Morgan fingerprint density at radius 2 is 1.67 bits per heavy atom. The summed E-state index contributed by atoms with van der Waals surface area (Å²) in [4.78, 5) is 33.4. The minimum absolute atomic E-state index is 0.168. The zero-order valence-electron chi connectivity index (χ0n) is 12.5. The second-order valence-electron chi connectivity index (χ2n) is 4.83. The highest BCUT2D eigenvalue weighted by molar-refractivity contribution is 6.07. The molecule has 0 atom stereocenters. The molecule has 2 rings (SSSR count). The summed E-state index contributed by atoms with van der Waals surface area (Å²) in [5, 5.41) is 17.4. The van der Waals surface area contributed by atoms with E-state index in [9.17, 15) is 14.4 Å². The molecule has 0 unspecified atom stereocenters. The maximum Gasteiger partial charge on any atom is 0.341 e. The number of hydrogen-bond donors (Lipinski definition) is 2. The Morgan fingerprint density at radius 3 is 2.29 bits per heavy atom. The number of aliphatic carboxylic acids is 1. The van der Waals surface area contributed by atoms with E-state index < -0.39 is 18.5 Å². The number of rotatable bonds is 7. The topological polar surface area (TPSA) is 101 Å². The molecule has 0 saturated carbocycles. The molecule has 2 aromatic carbocycles. The summed E-state index contributed by atoms with van der Waals surface area (Å²) in [5.41, 5.74) is 1.21. The van der Waals surface area contributed by atoms with Crippen LogP contribution in [0, 0.1) is 0 Å². The number of benzene rings is 2. The molecular formula is C18H14O6. The number of hydrogen-bond acceptors (Lipinski definition) is 4. The fourth-order valence-corrected chi connectivity index (χ4v) is 1.89. The van der Waals surface area contributed by atoms with Gasteiger partial charge in [0.25, 0.3) is 0 Å². The molecule has 0 spiro atoms. The molecule has 0 fully saturated rings. The molecule has 122 valence electrons. The first kappa shape index (κ1) is 17.0. The number of ether oxygens (including phenoxy) is 1. The molecule has 0 radical (unpaired) electrons. The van der Waals surface area contributed by atoms with Crippen LogP contribution in [0.4, 0.5) is 0 Å². The predicted octanol–water partition coefficient (Wildman–Crippen LogP) is 2.74. The lowest BCUT2D eigenvalue weighted by Crippen LogP contribution is -2.09. The van der Waals surface area contributed by atoms with Crippen molar-refractivity contribution in [3.63, 3.8) is 0 Å². The smallest absolute Gasteiger partial charge is 0.341 e. The molecule has 2 N–H and O–H groups in total. The van der Waals surface area contributed by atoms with E-state index in [1.165, 1.54) is 24.3 Å². The van der Waals surface area contributed by atoms with Gasteiger partial charge in [-0.05, 0) is 35.9 Å². The van der Waals surface area contributed by atoms with Gasteiger partial charge in [-0.15, -0.1) is 0 Å². The third-order valence-electron chi connectivity index (χ3n) is 3.07. The number of aromatic carboxylic acids is 1. The van der Waals surface area contributed by atoms with Crippen molar-refractivity contribution in [1.82, 2.24) is 0 Å². The monoisotopic (exact) mass is 326 g/mol. The highest BCUT2D eigenvalue weighted by Gasteiger charge is 2.05. The largest absolute Gasteiger partial charge is 0.482 e. The SMILES string of the molecule is O=C(O)COc1cccc(C(=O)C=Cc2ccc(C(=O)O)cc2)c1. The van der Waals surface area contributed by atoms with E-state index in [1.54, 1.807) is 36.4 Å². The van der Waals surface area contributed by atoms with E-state index in [-0.39, 0.29) is 11.3 Å². The minimum Gasteiger partial charge on any atom is -0.482 e. The van der Waals surface area contributed by atoms with Crippen molar-refractivity contribution in [1.29, 1.82) is 0 Å². The van der Waals surface area contributed by atoms with Gasteiger partial charge in [-0.2, -0.15) is 0 Å². The zero-order chi connectivity index (χ0) is 17.5. The van der Waals surface area contributed by atoms with E-state index in [0.29, 0.717) is 16.9 Å². The molecule has 0 heterocycles. The van der Waals surface area contributed by atoms with Crippen LogP contribution in [0.1, 0.15) is 26.3 Å². The average Bonchev–Trinajstić information content (AvgIpc) is 2.58. The first-order valence-corrected chi connectivity index (χ1v) is 6.96. The van der Waals surface area contributed by atoms with E-state index in [2.05, 4.69) is 0 Å². The molecular weight excluding hydrogens is 312 g/mol. The van der Waals surface area contributed by atoms with Gasteiger partial charge >= 0.3 is 11.9 Å². The van der Waals surface area contributed by atoms with Gasteiger partial charge < -0.3 is 14.9 Å². The van der Waals surface area contributed by atoms with Crippen LogP contribution in [0.15, 0.2) is 54.6 Å². The molecule has 2 aromatic rings. The van der Waals surface area contributed by atoms with Gasteiger partial charge in [0.05, 0.1) is 5.56 Å². The Kier molecular flexibility index (Phi) is 5.46. The van der Waals surface area contributed by atoms with Gasteiger partial charge in [0.2, 0.25) is 0 Å². The van der Waals surface area contributed by atoms with Gasteiger partial charge in [0, 0.05) is 5.56 Å². The minimum atomic E-state index is -1.10. The number of carboxylic acid groups (broad SMARTS) is 2. The van der Waals surface area contributed by atoms with Crippen molar-refractivity contribution in [3.05, 3.63) is 71.3 Å². The first-order chi connectivity index (χ1) is 11.5. The number of allylic oxidation sites excluding steroid dienone is 1. The molecule has 0 aliphatic carbocycles. The van der Waals surface area contributed by atoms with Crippen molar-refractivity contribution in [2.45, 2.75) is 0 Å². The second kappa shape index (κ2) is 7.73. The Morgan fingerprint density at radius 1 is 0.958 bits per heavy atom. The summed E-state index contributed by atoms with van der Waals surface area (Å²) >= 11 is 0. The van der Waals surface area contributed by atoms with E-state index >= 15 is 0 Å². The molecule has 0 amide bonds. The Balaban J connectivity index is 2.07. The summed E-state index contributed by atoms with van der Waals surface area (Å²) in [5.74, 6) is -2.10. The molecule has 0 aromatic heterocycles. The molecule has 6 heteroatoms. The van der Waals surface area contributed by atoms with Crippen LogP contribution in [0.2, 0.25) is 0 Å². The lowest BCUT2D eigenvalue weighted by Gasteiger charge is -2.04. The fourth-order valence-electron chi connectivity index (χ4n) is 1.89. The van der Waals surface area contributed by atoms with Crippen molar-refractivity contribution < 1.29 is 29.3 Å². The number of carbonyl (C=O) groups is 3. The van der Waals surface area contributed by atoms with E-state index in [0.717, 1.165) is 0 Å². The Labute approximate surface area is 137 Å². The third kappa shape index (κ3) is 4.81. The maximum atomic E-state index is 12.1. The number of ketones is 1. The van der Waals surface area contributed by atoms with Gasteiger partial charge in [0.1, 0.15) is 5.75 Å². The second-order valence-corrected chi connectivity index (χ2v) is 4.83. The average molecular weight is 326 g/mol. The van der Waals surface area contributed by atoms with Crippen LogP contribution in [-0.4, -0.2) is 34.5 Å². The van der Waals surface area contributed by atoms with E-state index in [4.69, 9.17) is 14.9 Å². The molecule has 6 nitrogen and oxygen atoms in total. The summed E-state index contributed by atoms with van der Waals surface area (Å²) in [6.07, 6.45) is 2.92. The molecule has 0 bridgehead atoms. The van der Waals surface area contributed by atoms with Crippen LogP contribution in [-0.2, 0) is 4.79 Å². The summed E-state index contributed by atoms with van der Waals surface area (Å²) < 4.78 is 5.03. The van der Waals surface area contributed by atoms with Gasteiger partial charge in [-0.3, -0.25) is 4.79 Å². The third-order valence-corrected chi connectivity index (χ3v) is 3.07. The lowest BCUT2D eigenvalue weighted by molar-refractivity contribution is -0.139. The quantitative estimate of drug-likeness (QED) is 0.599. The Hall–Kier alpha value is -3.41. The predicted molar refractivity (Wildman–Crippen MR) is 86.3 cm³/mol. The van der Waals surface area contributed by atoms with Gasteiger partial charge in [0.15, 0.2) is 12.4 Å². The van der Waals surface area contributed by atoms with Crippen molar-refractivity contribution in [2.75, 3.05) is 6.61 Å². The molecule has 0 aliphatic heterocycles. The van der Waals surface area contributed by atoms with Crippen LogP contribution >= 0.6 is 0 Å². The standard InChI is InChI=1S/C18H14O6/c19-16(9-6-12-4-7-13(8-5-12)18(22)23)14-2-1-3-15(10-14)24-11-17(20)21/h1-10H,11H2,(H,20,21)(H,22,23). The van der Waals surface area contributed by atoms with Crippen LogP contribution in [0.5, 0.6) is 5.75 Å². The molecule has 0 saturated heterocycles. The zero-order valence-corrected chi connectivity index (χ0v) is 12.5. The number of carboxylic acids is 2. The highest BCUT2D eigenvalue weighted by atomic mass is 16.5. The molecule has 24 heavy (non-hydrogen) atoms. The van der Waals surface area contributed by atoms with Crippen molar-refractivity contribution in [2.24, 2.45) is 0 Å². The van der Waals surface area contributed by atoms with Crippen molar-refractivity contribution in [3.8, 4) is 5.75 Å². The summed E-state index contributed by atoms with van der Waals surface area (Å²) in [6, 6.07) is 12.3. The fraction of sp³-hybridized carbons (Fsp3) is 0.0556. The van der Waals surface area contributed by atoms with Crippen LogP contribution < -0.4 is 4.74 Å². The van der Waals surface area contributed by atoms with Crippen LogP contribution in [0.25, 0.3) is 6.08 Å². The number of carbonyl (C=O) groups excluding carboxylic acids is 1. The highest BCUT2D eigenvalue weighted by Crippen LogP contribution is 2.15. The van der Waals surface area contributed by atoms with E-state index in [1.807, 2.05) is 0 Å².